The van der Waals surface area contributed by atoms with Gasteiger partial charge in [0.1, 0.15) is 5.82 Å². The van der Waals surface area contributed by atoms with Gasteiger partial charge in [-0.15, -0.1) is 0 Å². The van der Waals surface area contributed by atoms with Crippen molar-refractivity contribution in [2.75, 3.05) is 10.6 Å². The minimum atomic E-state index is -0.567. The third-order valence-corrected chi connectivity index (χ3v) is 2.07. The molecule has 0 saturated carbocycles. The summed E-state index contributed by atoms with van der Waals surface area (Å²) in [6, 6.07) is 3.65. The number of hydrogen-bond donors (Lipinski definition) is 3. The number of rotatable bonds is 4. The van der Waals surface area contributed by atoms with Gasteiger partial charge in [-0.2, -0.15) is 0 Å². The summed E-state index contributed by atoms with van der Waals surface area (Å²) in [5.41, 5.74) is 5.91. The Balaban J connectivity index is 2.80. The molecule has 0 aromatic heterocycles. The molecule has 18 heavy (non-hydrogen) atoms. The first kappa shape index (κ1) is 14.1. The average molecular weight is 253 g/mol. The standard InChI is InChI=1S/C12H16FN3O2/c1-7(14)5-12(18)16-11-6-9(15-8(2)17)3-4-10(11)13/h3-4,6-7H,5,14H2,1-2H3,(H,15,17)(H,16,18). The van der Waals surface area contributed by atoms with Crippen LogP contribution in [0.4, 0.5) is 15.8 Å². The smallest absolute Gasteiger partial charge is 0.225 e. The zero-order chi connectivity index (χ0) is 13.7. The van der Waals surface area contributed by atoms with E-state index in [4.69, 9.17) is 5.73 Å². The van der Waals surface area contributed by atoms with E-state index in [0.29, 0.717) is 5.69 Å². The molecule has 0 aliphatic rings. The highest BCUT2D eigenvalue weighted by molar-refractivity contribution is 5.93. The summed E-state index contributed by atoms with van der Waals surface area (Å²) < 4.78 is 13.4. The second-order valence-electron chi connectivity index (χ2n) is 4.11. The highest BCUT2D eigenvalue weighted by atomic mass is 19.1. The van der Waals surface area contributed by atoms with E-state index < -0.39 is 5.82 Å². The Morgan fingerprint density at radius 3 is 2.61 bits per heavy atom. The minimum Gasteiger partial charge on any atom is -0.327 e. The van der Waals surface area contributed by atoms with Crippen molar-refractivity contribution >= 4 is 23.2 Å². The van der Waals surface area contributed by atoms with Gasteiger partial charge in [0.2, 0.25) is 11.8 Å². The second-order valence-corrected chi connectivity index (χ2v) is 4.11. The molecule has 6 heteroatoms. The maximum atomic E-state index is 13.4. The van der Waals surface area contributed by atoms with Crippen molar-refractivity contribution in [1.82, 2.24) is 0 Å². The van der Waals surface area contributed by atoms with Gasteiger partial charge in [-0.3, -0.25) is 9.59 Å². The SMILES string of the molecule is CC(=O)Nc1ccc(F)c(NC(=O)CC(C)N)c1. The van der Waals surface area contributed by atoms with Crippen LogP contribution in [0.5, 0.6) is 0 Å². The van der Waals surface area contributed by atoms with Gasteiger partial charge < -0.3 is 16.4 Å². The maximum absolute atomic E-state index is 13.4. The number of benzene rings is 1. The van der Waals surface area contributed by atoms with Crippen LogP contribution >= 0.6 is 0 Å². The summed E-state index contributed by atoms with van der Waals surface area (Å²) in [7, 11) is 0. The van der Waals surface area contributed by atoms with Crippen molar-refractivity contribution in [2.24, 2.45) is 5.73 Å². The number of carbonyl (C=O) groups is 2. The van der Waals surface area contributed by atoms with Gasteiger partial charge in [0.05, 0.1) is 5.69 Å². The molecular weight excluding hydrogens is 237 g/mol. The van der Waals surface area contributed by atoms with Crippen LogP contribution in [0.25, 0.3) is 0 Å². The summed E-state index contributed by atoms with van der Waals surface area (Å²) in [6.07, 6.45) is 0.101. The number of halogens is 1. The van der Waals surface area contributed by atoms with Crippen LogP contribution in [0.2, 0.25) is 0 Å². The van der Waals surface area contributed by atoms with Crippen molar-refractivity contribution in [3.63, 3.8) is 0 Å². The van der Waals surface area contributed by atoms with Crippen LogP contribution in [0, 0.1) is 5.82 Å². The molecule has 0 bridgehead atoms. The van der Waals surface area contributed by atoms with Crippen molar-refractivity contribution in [2.45, 2.75) is 26.3 Å². The topological polar surface area (TPSA) is 84.2 Å². The van der Waals surface area contributed by atoms with Crippen LogP contribution in [0.1, 0.15) is 20.3 Å². The number of nitrogens with one attached hydrogen (secondary N) is 2. The van der Waals surface area contributed by atoms with Crippen molar-refractivity contribution in [1.29, 1.82) is 0 Å². The van der Waals surface area contributed by atoms with E-state index in [2.05, 4.69) is 10.6 Å². The Hall–Kier alpha value is -1.95. The molecule has 0 radical (unpaired) electrons. The molecule has 98 valence electrons. The van der Waals surface area contributed by atoms with E-state index in [1.807, 2.05) is 0 Å². The van der Waals surface area contributed by atoms with Crippen molar-refractivity contribution in [3.8, 4) is 0 Å². The van der Waals surface area contributed by atoms with Crippen LogP contribution in [-0.4, -0.2) is 17.9 Å². The molecule has 0 heterocycles. The van der Waals surface area contributed by atoms with E-state index in [0.717, 1.165) is 0 Å². The van der Waals surface area contributed by atoms with Gasteiger partial charge in [0.25, 0.3) is 0 Å². The fourth-order valence-corrected chi connectivity index (χ4v) is 1.40. The Labute approximate surface area is 105 Å². The summed E-state index contributed by atoms with van der Waals surface area (Å²) in [4.78, 5) is 22.3. The lowest BCUT2D eigenvalue weighted by molar-refractivity contribution is -0.116. The van der Waals surface area contributed by atoms with E-state index in [-0.39, 0.29) is 30.0 Å². The highest BCUT2D eigenvalue weighted by Gasteiger charge is 2.10. The molecule has 1 unspecified atom stereocenters. The molecule has 0 aliphatic heterocycles. The van der Waals surface area contributed by atoms with Crippen LogP contribution in [0.3, 0.4) is 0 Å². The molecule has 4 N–H and O–H groups in total. The fraction of sp³-hybridized carbons (Fsp3) is 0.333. The number of nitrogens with two attached hydrogens (primary N) is 1. The van der Waals surface area contributed by atoms with Crippen LogP contribution in [-0.2, 0) is 9.59 Å². The first-order valence-electron chi connectivity index (χ1n) is 5.51. The lowest BCUT2D eigenvalue weighted by Crippen LogP contribution is -2.24. The quantitative estimate of drug-likeness (QED) is 0.759. The van der Waals surface area contributed by atoms with Crippen molar-refractivity contribution < 1.29 is 14.0 Å². The third-order valence-electron chi connectivity index (χ3n) is 2.07. The predicted molar refractivity (Wildman–Crippen MR) is 67.6 cm³/mol. The zero-order valence-electron chi connectivity index (χ0n) is 10.3. The molecule has 1 atom stereocenters. The molecule has 0 aliphatic carbocycles. The third kappa shape index (κ3) is 4.50. The van der Waals surface area contributed by atoms with E-state index >= 15 is 0 Å². The minimum absolute atomic E-state index is 0.0203. The molecular formula is C12H16FN3O2. The number of amides is 2. The van der Waals surface area contributed by atoms with Gasteiger partial charge in [-0.05, 0) is 25.1 Å². The van der Waals surface area contributed by atoms with Gasteiger partial charge >= 0.3 is 0 Å². The lowest BCUT2D eigenvalue weighted by Gasteiger charge is -2.10. The molecule has 1 rings (SSSR count). The molecule has 1 aromatic carbocycles. The first-order chi connectivity index (χ1) is 8.38. The second kappa shape index (κ2) is 6.11. The Morgan fingerprint density at radius 2 is 2.06 bits per heavy atom. The van der Waals surface area contributed by atoms with Crippen molar-refractivity contribution in [3.05, 3.63) is 24.0 Å². The van der Waals surface area contributed by atoms with Crippen LogP contribution in [0.15, 0.2) is 18.2 Å². The van der Waals surface area contributed by atoms with Gasteiger partial charge in [-0.25, -0.2) is 4.39 Å². The Bertz CT molecular complexity index is 461. The molecule has 2 amide bonds. The van der Waals surface area contributed by atoms with Crippen LogP contribution < -0.4 is 16.4 Å². The number of carbonyl (C=O) groups excluding carboxylic acids is 2. The normalized spacial score (nSPS) is 11.8. The monoisotopic (exact) mass is 253 g/mol. The van der Waals surface area contributed by atoms with Gasteiger partial charge in [0, 0.05) is 25.1 Å². The molecule has 0 fully saturated rings. The lowest BCUT2D eigenvalue weighted by atomic mass is 10.2. The van der Waals surface area contributed by atoms with Gasteiger partial charge in [0.15, 0.2) is 0 Å². The predicted octanol–water partition coefficient (Wildman–Crippen LogP) is 1.46. The maximum Gasteiger partial charge on any atom is 0.225 e. The molecule has 1 aromatic rings. The van der Waals surface area contributed by atoms with E-state index in [9.17, 15) is 14.0 Å². The number of hydrogen-bond acceptors (Lipinski definition) is 3. The average Bonchev–Trinajstić information content (AvgIpc) is 2.21. The Kier molecular flexibility index (Phi) is 4.79. The highest BCUT2D eigenvalue weighted by Crippen LogP contribution is 2.19. The summed E-state index contributed by atoms with van der Waals surface area (Å²) in [5.74, 6) is -1.21. The summed E-state index contributed by atoms with van der Waals surface area (Å²) in [6.45, 7) is 3.03. The fourth-order valence-electron chi connectivity index (χ4n) is 1.40. The van der Waals surface area contributed by atoms with E-state index in [1.54, 1.807) is 6.92 Å². The van der Waals surface area contributed by atoms with Gasteiger partial charge in [-0.1, -0.05) is 0 Å². The largest absolute Gasteiger partial charge is 0.327 e. The van der Waals surface area contributed by atoms with E-state index in [1.165, 1.54) is 25.1 Å². The molecule has 5 nitrogen and oxygen atoms in total. The first-order valence-corrected chi connectivity index (χ1v) is 5.51. The summed E-state index contributed by atoms with van der Waals surface area (Å²) in [5, 5.41) is 4.91. The molecule has 0 spiro atoms. The molecule has 0 saturated heterocycles. The Morgan fingerprint density at radius 1 is 1.39 bits per heavy atom. The summed E-state index contributed by atoms with van der Waals surface area (Å²) >= 11 is 0. The number of anilines is 2. The zero-order valence-corrected chi connectivity index (χ0v) is 10.3.